The van der Waals surface area contributed by atoms with Crippen LogP contribution in [0.5, 0.6) is 0 Å². The molecule has 0 spiro atoms. The molecule has 6 nitrogen and oxygen atoms in total. The van der Waals surface area contributed by atoms with Crippen molar-refractivity contribution in [2.24, 2.45) is 0 Å². The molecule has 3 rings (SSSR count). The third kappa shape index (κ3) is 8.29. The highest BCUT2D eigenvalue weighted by Crippen LogP contribution is 2.20. The minimum atomic E-state index is -3.54. The predicted octanol–water partition coefficient (Wildman–Crippen LogP) is 3.65. The highest BCUT2D eigenvalue weighted by atomic mass is 35.5. The van der Waals surface area contributed by atoms with E-state index in [9.17, 15) is 8.42 Å². The van der Waals surface area contributed by atoms with Gasteiger partial charge in [-0.15, -0.1) is 24.8 Å². The number of benzene rings is 1. The number of hydrogen-bond acceptors (Lipinski definition) is 5. The summed E-state index contributed by atoms with van der Waals surface area (Å²) in [6.45, 7) is 3.31. The van der Waals surface area contributed by atoms with Crippen molar-refractivity contribution in [2.45, 2.75) is 55.9 Å². The van der Waals surface area contributed by atoms with Crippen molar-refractivity contribution in [3.63, 3.8) is 0 Å². The maximum absolute atomic E-state index is 12.6. The Morgan fingerprint density at radius 2 is 1.63 bits per heavy atom. The summed E-state index contributed by atoms with van der Waals surface area (Å²) in [5.74, 6) is 0. The Balaban J connectivity index is 0.00000225. The molecule has 1 aliphatic carbocycles. The molecule has 1 heterocycles. The van der Waals surface area contributed by atoms with Gasteiger partial charge < -0.3 is 10.6 Å². The van der Waals surface area contributed by atoms with E-state index in [-0.39, 0.29) is 29.7 Å². The van der Waals surface area contributed by atoms with Gasteiger partial charge in [-0.1, -0.05) is 37.5 Å². The molecule has 0 amide bonds. The molecule has 30 heavy (non-hydrogen) atoms. The minimum Gasteiger partial charge on any atom is -0.315 e. The summed E-state index contributed by atoms with van der Waals surface area (Å²) >= 11 is 0. The first kappa shape index (κ1) is 27.1. The van der Waals surface area contributed by atoms with E-state index >= 15 is 0 Å². The average molecular weight is 478 g/mol. The second kappa shape index (κ2) is 14.2. The van der Waals surface area contributed by atoms with Crippen molar-refractivity contribution in [1.29, 1.82) is 0 Å². The quantitative estimate of drug-likeness (QED) is 0.431. The minimum absolute atomic E-state index is 0. The van der Waals surface area contributed by atoms with Gasteiger partial charge in [0, 0.05) is 37.3 Å². The number of pyridine rings is 1. The summed E-state index contributed by atoms with van der Waals surface area (Å²) in [5.41, 5.74) is 0.518. The van der Waals surface area contributed by atoms with Crippen LogP contribution in [0, 0.1) is 0 Å². The monoisotopic (exact) mass is 476 g/mol. The van der Waals surface area contributed by atoms with Crippen LogP contribution in [0.15, 0.2) is 41.4 Å². The number of halogens is 2. The Bertz CT molecular complexity index is 841. The van der Waals surface area contributed by atoms with E-state index in [0.717, 1.165) is 37.9 Å². The largest absolute Gasteiger partial charge is 0.315 e. The van der Waals surface area contributed by atoms with Gasteiger partial charge in [-0.2, -0.15) is 0 Å². The van der Waals surface area contributed by atoms with Crippen molar-refractivity contribution >= 4 is 45.7 Å². The van der Waals surface area contributed by atoms with Gasteiger partial charge in [-0.05, 0) is 44.4 Å². The van der Waals surface area contributed by atoms with Crippen LogP contribution in [-0.2, 0) is 10.0 Å². The third-order valence-electron chi connectivity index (χ3n) is 5.30. The molecular formula is C21H34Cl2N4O2S. The van der Waals surface area contributed by atoms with Crippen LogP contribution in [0.2, 0.25) is 0 Å². The molecule has 1 fully saturated rings. The van der Waals surface area contributed by atoms with Gasteiger partial charge in [0.05, 0.1) is 5.52 Å². The maximum Gasteiger partial charge on any atom is 0.242 e. The number of rotatable bonds is 11. The van der Waals surface area contributed by atoms with E-state index in [1.165, 1.54) is 32.1 Å². The molecule has 1 aliphatic rings. The first-order valence-corrected chi connectivity index (χ1v) is 11.9. The second-order valence-corrected chi connectivity index (χ2v) is 9.21. The molecule has 1 aromatic carbocycles. The van der Waals surface area contributed by atoms with E-state index in [4.69, 9.17) is 0 Å². The summed E-state index contributed by atoms with van der Waals surface area (Å²) in [5, 5.41) is 7.87. The summed E-state index contributed by atoms with van der Waals surface area (Å²) < 4.78 is 27.9. The summed E-state index contributed by atoms with van der Waals surface area (Å²) in [7, 11) is -3.54. The molecule has 0 atom stereocenters. The number of hydrogen-bond donors (Lipinski definition) is 3. The molecule has 1 aromatic heterocycles. The van der Waals surface area contributed by atoms with Crippen LogP contribution >= 0.6 is 24.8 Å². The van der Waals surface area contributed by atoms with E-state index in [0.29, 0.717) is 18.1 Å². The molecule has 1 saturated carbocycles. The number of nitrogens with zero attached hydrogens (tertiary/aromatic N) is 1. The zero-order valence-electron chi connectivity index (χ0n) is 17.3. The molecule has 170 valence electrons. The molecule has 0 bridgehead atoms. The average Bonchev–Trinajstić information content (AvgIpc) is 2.73. The Morgan fingerprint density at radius 1 is 0.900 bits per heavy atom. The zero-order valence-corrected chi connectivity index (χ0v) is 19.8. The molecular weight excluding hydrogens is 443 g/mol. The summed E-state index contributed by atoms with van der Waals surface area (Å²) in [6.07, 6.45) is 10.1. The van der Waals surface area contributed by atoms with Crippen LogP contribution in [0.25, 0.3) is 10.9 Å². The van der Waals surface area contributed by atoms with Gasteiger partial charge >= 0.3 is 0 Å². The maximum atomic E-state index is 12.6. The van der Waals surface area contributed by atoms with Gasteiger partial charge in [0.25, 0.3) is 0 Å². The molecule has 0 aliphatic heterocycles. The van der Waals surface area contributed by atoms with Crippen molar-refractivity contribution in [2.75, 3.05) is 26.2 Å². The SMILES string of the molecule is Cl.Cl.O=S(=O)(NCCCCNCCNC1CCCCC1)c1cccc2cccnc12. The Hall–Kier alpha value is -0.960. The van der Waals surface area contributed by atoms with E-state index < -0.39 is 10.0 Å². The van der Waals surface area contributed by atoms with Crippen LogP contribution in [0.1, 0.15) is 44.9 Å². The van der Waals surface area contributed by atoms with Gasteiger partial charge in [0.15, 0.2) is 0 Å². The lowest BCUT2D eigenvalue weighted by atomic mass is 9.95. The number of aromatic nitrogens is 1. The van der Waals surface area contributed by atoms with Crippen molar-refractivity contribution in [3.05, 3.63) is 36.5 Å². The lowest BCUT2D eigenvalue weighted by Gasteiger charge is -2.22. The fourth-order valence-electron chi connectivity index (χ4n) is 3.75. The van der Waals surface area contributed by atoms with Gasteiger partial charge in [0.2, 0.25) is 10.0 Å². The Kier molecular flexibility index (Phi) is 12.8. The normalized spacial score (nSPS) is 14.8. The van der Waals surface area contributed by atoms with Gasteiger partial charge in [0.1, 0.15) is 4.90 Å². The van der Waals surface area contributed by atoms with Gasteiger partial charge in [-0.25, -0.2) is 13.1 Å². The summed E-state index contributed by atoms with van der Waals surface area (Å²) in [6, 6.07) is 9.62. The first-order valence-electron chi connectivity index (χ1n) is 10.4. The van der Waals surface area contributed by atoms with Crippen molar-refractivity contribution < 1.29 is 8.42 Å². The van der Waals surface area contributed by atoms with Crippen LogP contribution in [-0.4, -0.2) is 45.6 Å². The lowest BCUT2D eigenvalue weighted by Crippen LogP contribution is -2.36. The number of para-hydroxylation sites is 1. The summed E-state index contributed by atoms with van der Waals surface area (Å²) in [4.78, 5) is 4.48. The lowest BCUT2D eigenvalue weighted by molar-refractivity contribution is 0.372. The Morgan fingerprint density at radius 3 is 2.43 bits per heavy atom. The molecule has 2 aromatic rings. The fraction of sp³-hybridized carbons (Fsp3) is 0.571. The first-order chi connectivity index (χ1) is 13.7. The van der Waals surface area contributed by atoms with E-state index in [1.54, 1.807) is 18.3 Å². The van der Waals surface area contributed by atoms with Crippen LogP contribution in [0.3, 0.4) is 0 Å². The van der Waals surface area contributed by atoms with Gasteiger partial charge in [-0.3, -0.25) is 4.98 Å². The number of unbranched alkanes of at least 4 members (excludes halogenated alkanes) is 1. The molecule has 9 heteroatoms. The molecule has 0 saturated heterocycles. The van der Waals surface area contributed by atoms with Crippen LogP contribution in [0.4, 0.5) is 0 Å². The third-order valence-corrected chi connectivity index (χ3v) is 6.79. The van der Waals surface area contributed by atoms with E-state index in [2.05, 4.69) is 20.3 Å². The predicted molar refractivity (Wildman–Crippen MR) is 128 cm³/mol. The van der Waals surface area contributed by atoms with Crippen LogP contribution < -0.4 is 15.4 Å². The van der Waals surface area contributed by atoms with Crippen molar-refractivity contribution in [1.82, 2.24) is 20.3 Å². The standard InChI is InChI=1S/C21H32N4O2S.2ClH/c26-28(27,20-12-6-8-18-9-7-14-24-21(18)20)25-15-5-4-13-22-16-17-23-19-10-2-1-3-11-19;;/h6-9,12,14,19,22-23,25H,1-5,10-11,13,15-17H2;2*1H. The number of fused-ring (bicyclic) bond motifs is 1. The van der Waals surface area contributed by atoms with E-state index in [1.807, 2.05) is 18.2 Å². The molecule has 0 radical (unpaired) electrons. The second-order valence-electron chi connectivity index (χ2n) is 7.48. The zero-order chi connectivity index (χ0) is 19.7. The topological polar surface area (TPSA) is 83.1 Å². The number of sulfonamides is 1. The number of nitrogens with one attached hydrogen (secondary N) is 3. The highest BCUT2D eigenvalue weighted by Gasteiger charge is 2.17. The molecule has 0 unspecified atom stereocenters. The smallest absolute Gasteiger partial charge is 0.242 e. The fourth-order valence-corrected chi connectivity index (χ4v) is 5.00. The highest BCUT2D eigenvalue weighted by molar-refractivity contribution is 7.89. The van der Waals surface area contributed by atoms with Crippen molar-refractivity contribution in [3.8, 4) is 0 Å². The molecule has 3 N–H and O–H groups in total. The Labute approximate surface area is 192 Å².